The average Bonchev–Trinajstić information content (AvgIpc) is 2.57. The van der Waals surface area contributed by atoms with E-state index in [0.29, 0.717) is 16.3 Å². The Labute approximate surface area is 154 Å². The van der Waals surface area contributed by atoms with Gasteiger partial charge in [-0.05, 0) is 42.3 Å². The number of aromatic nitrogens is 3. The minimum atomic E-state index is -3.11. The molecule has 5 nitrogen and oxygen atoms in total. The molecule has 1 atom stereocenters. The highest BCUT2D eigenvalue weighted by molar-refractivity contribution is 8.01. The van der Waals surface area contributed by atoms with Crippen LogP contribution in [0.25, 0.3) is 11.3 Å². The van der Waals surface area contributed by atoms with Crippen LogP contribution < -0.4 is 4.72 Å². The highest BCUT2D eigenvalue weighted by Crippen LogP contribution is 2.31. The minimum absolute atomic E-state index is 0.0230. The van der Waals surface area contributed by atoms with E-state index in [-0.39, 0.29) is 16.0 Å². The molecular weight excluding hydrogens is 386 g/mol. The molecule has 0 saturated carbocycles. The van der Waals surface area contributed by atoms with Gasteiger partial charge in [0.2, 0.25) is 5.95 Å². The Morgan fingerprint density at radius 2 is 1.88 bits per heavy atom. The molecule has 0 aliphatic rings. The molecule has 0 radical (unpaired) electrons. The third-order valence-electron chi connectivity index (χ3n) is 3.16. The van der Waals surface area contributed by atoms with Gasteiger partial charge in [-0.1, -0.05) is 29.3 Å². The van der Waals surface area contributed by atoms with Crippen molar-refractivity contribution in [1.29, 1.82) is 0 Å². The lowest BCUT2D eigenvalue weighted by Gasteiger charge is -2.13. The molecule has 0 fully saturated rings. The summed E-state index contributed by atoms with van der Waals surface area (Å²) in [5.41, 5.74) is 0.893. The molecule has 0 amide bonds. The summed E-state index contributed by atoms with van der Waals surface area (Å²) < 4.78 is 28.7. The fourth-order valence-corrected chi connectivity index (χ4v) is 3.55. The van der Waals surface area contributed by atoms with Crippen molar-refractivity contribution in [3.63, 3.8) is 0 Å². The van der Waals surface area contributed by atoms with E-state index < -0.39 is 15.7 Å². The normalized spacial score (nSPS) is 13.2. The van der Waals surface area contributed by atoms with Gasteiger partial charge in [-0.2, -0.15) is 4.39 Å². The smallest absolute Gasteiger partial charge is 0.214 e. The van der Waals surface area contributed by atoms with E-state index in [1.54, 1.807) is 24.4 Å². The quantitative estimate of drug-likeness (QED) is 0.532. The zero-order chi connectivity index (χ0) is 18.0. The lowest BCUT2D eigenvalue weighted by Crippen LogP contribution is -2.15. The van der Waals surface area contributed by atoms with Gasteiger partial charge in [0.15, 0.2) is 0 Å². The van der Waals surface area contributed by atoms with E-state index in [4.69, 9.17) is 23.2 Å². The van der Waals surface area contributed by atoms with Crippen LogP contribution >= 0.6 is 23.2 Å². The van der Waals surface area contributed by atoms with Crippen LogP contribution in [0.15, 0.2) is 53.7 Å². The summed E-state index contributed by atoms with van der Waals surface area (Å²) in [6.07, 6.45) is 1.54. The molecule has 128 valence electrons. The molecule has 0 saturated heterocycles. The van der Waals surface area contributed by atoms with E-state index in [0.717, 1.165) is 6.07 Å². The first-order valence-corrected chi connectivity index (χ1v) is 9.40. The fraction of sp³-hybridized carbons (Fsp3) is 0. The summed E-state index contributed by atoms with van der Waals surface area (Å²) in [4.78, 5) is 11.9. The summed E-state index contributed by atoms with van der Waals surface area (Å²) in [5.74, 6) is 3.07. The fourth-order valence-electron chi connectivity index (χ4n) is 2.05. The molecule has 3 aromatic rings. The van der Waals surface area contributed by atoms with Crippen molar-refractivity contribution in [3.8, 4) is 11.3 Å². The first-order valence-electron chi connectivity index (χ1n) is 6.92. The number of hydrogen-bond acceptors (Lipinski definition) is 4. The van der Waals surface area contributed by atoms with Crippen molar-refractivity contribution in [3.05, 3.63) is 64.8 Å². The van der Waals surface area contributed by atoms with Crippen LogP contribution in [-0.4, -0.2) is 25.0 Å². The van der Waals surface area contributed by atoms with Crippen molar-refractivity contribution in [2.75, 3.05) is 4.72 Å². The summed E-state index contributed by atoms with van der Waals surface area (Å²) in [5, 5.41) is 0.557. The molecule has 1 unspecified atom stereocenters. The maximum atomic E-state index is 13.3. The lowest BCUT2D eigenvalue weighted by atomic mass is 10.2. The van der Waals surface area contributed by atoms with Crippen LogP contribution in [0.2, 0.25) is 10.2 Å². The van der Waals surface area contributed by atoms with Crippen molar-refractivity contribution in [1.82, 2.24) is 15.0 Å². The molecule has 1 N–H and O–H groups in total. The van der Waals surface area contributed by atoms with Crippen molar-refractivity contribution < 1.29 is 8.60 Å². The second kappa shape index (κ2) is 6.95. The molecule has 3 heterocycles. The van der Waals surface area contributed by atoms with Gasteiger partial charge >= 0.3 is 0 Å². The van der Waals surface area contributed by atoms with Crippen LogP contribution in [-0.2, 0) is 9.71 Å². The molecule has 0 aliphatic carbocycles. The van der Waals surface area contributed by atoms with Crippen molar-refractivity contribution in [2.45, 2.75) is 5.03 Å². The Bertz CT molecular complexity index is 1040. The second-order valence-electron chi connectivity index (χ2n) is 4.94. The maximum absolute atomic E-state index is 13.3. The van der Waals surface area contributed by atoms with Gasteiger partial charge in [0, 0.05) is 11.8 Å². The number of rotatable bonds is 4. The predicted molar refractivity (Wildman–Crippen MR) is 98.8 cm³/mol. The van der Waals surface area contributed by atoms with E-state index >= 15 is 0 Å². The zero-order valence-electron chi connectivity index (χ0n) is 12.6. The van der Waals surface area contributed by atoms with Gasteiger partial charge in [0.05, 0.1) is 20.4 Å². The van der Waals surface area contributed by atoms with Crippen LogP contribution in [0.3, 0.4) is 0 Å². The lowest BCUT2D eigenvalue weighted by molar-refractivity contribution is 0.569. The average molecular weight is 397 g/mol. The molecule has 25 heavy (non-hydrogen) atoms. The molecule has 3 aromatic heterocycles. The van der Waals surface area contributed by atoms with Gasteiger partial charge in [-0.3, -0.25) is 4.72 Å². The van der Waals surface area contributed by atoms with Crippen molar-refractivity contribution in [2.24, 2.45) is 0 Å². The largest absolute Gasteiger partial charge is 0.292 e. The van der Waals surface area contributed by atoms with E-state index in [1.807, 2.05) is 0 Å². The number of pyridine rings is 3. The first kappa shape index (κ1) is 17.6. The zero-order valence-corrected chi connectivity index (χ0v) is 14.9. The molecule has 0 aliphatic heterocycles. The highest BCUT2D eigenvalue weighted by Gasteiger charge is 2.15. The Kier molecular flexibility index (Phi) is 4.89. The van der Waals surface area contributed by atoms with E-state index in [1.165, 1.54) is 18.2 Å². The number of anilines is 1. The SMILES string of the molecule is C=S(=O)(Nc1ccc(Cl)c(-c2cccnc2Cl)n1)c1cccc(F)n1. The topological polar surface area (TPSA) is 67.8 Å². The third-order valence-corrected chi connectivity index (χ3v) is 5.21. The van der Waals surface area contributed by atoms with E-state index in [2.05, 4.69) is 25.5 Å². The predicted octanol–water partition coefficient (Wildman–Crippen LogP) is 4.09. The molecule has 3 rings (SSSR count). The Morgan fingerprint density at radius 1 is 1.08 bits per heavy atom. The summed E-state index contributed by atoms with van der Waals surface area (Å²) in [6, 6.07) is 10.5. The number of hydrogen-bond donors (Lipinski definition) is 1. The number of nitrogens with zero attached hydrogens (tertiary/aromatic N) is 3. The van der Waals surface area contributed by atoms with Gasteiger partial charge < -0.3 is 0 Å². The van der Waals surface area contributed by atoms with Crippen LogP contribution in [0, 0.1) is 5.95 Å². The Morgan fingerprint density at radius 3 is 2.60 bits per heavy atom. The molecule has 0 aromatic carbocycles. The highest BCUT2D eigenvalue weighted by atomic mass is 35.5. The summed E-state index contributed by atoms with van der Waals surface area (Å²) in [7, 11) is -3.11. The number of nitrogens with one attached hydrogen (secondary N) is 1. The summed E-state index contributed by atoms with van der Waals surface area (Å²) in [6.45, 7) is 0. The van der Waals surface area contributed by atoms with Crippen molar-refractivity contribution >= 4 is 44.6 Å². The molecule has 0 bridgehead atoms. The van der Waals surface area contributed by atoms with Crippen LogP contribution in [0.4, 0.5) is 10.2 Å². The number of halogens is 3. The molecule has 9 heteroatoms. The molecule has 0 spiro atoms. The van der Waals surface area contributed by atoms with Gasteiger partial charge in [-0.25, -0.2) is 19.2 Å². The second-order valence-corrected chi connectivity index (χ2v) is 7.68. The minimum Gasteiger partial charge on any atom is -0.292 e. The van der Waals surface area contributed by atoms with Crippen LogP contribution in [0.1, 0.15) is 0 Å². The summed E-state index contributed by atoms with van der Waals surface area (Å²) >= 11 is 12.3. The monoisotopic (exact) mass is 396 g/mol. The van der Waals surface area contributed by atoms with Gasteiger partial charge in [0.1, 0.15) is 16.0 Å². The first-order chi connectivity index (χ1) is 11.9. The third kappa shape index (κ3) is 3.89. The Hall–Kier alpha value is -2.22. The van der Waals surface area contributed by atoms with Crippen LogP contribution in [0.5, 0.6) is 0 Å². The maximum Gasteiger partial charge on any atom is 0.214 e. The van der Waals surface area contributed by atoms with E-state index in [9.17, 15) is 8.60 Å². The van der Waals surface area contributed by atoms with Gasteiger partial charge in [0.25, 0.3) is 0 Å². The standard InChI is InChI=1S/C16H11Cl2FN4OS/c1-25(24,14-6-2-5-12(19)21-14)23-13-8-7-11(17)15(22-13)10-4-3-9-20-16(10)18/h2-9H,1H2,(H,22,23,24). The molecular formula is C16H11Cl2FN4OS. The Balaban J connectivity index is 2.00. The van der Waals surface area contributed by atoms with Gasteiger partial charge in [-0.15, -0.1) is 0 Å².